The van der Waals surface area contributed by atoms with Gasteiger partial charge in [-0.25, -0.2) is 0 Å². The van der Waals surface area contributed by atoms with Gasteiger partial charge >= 0.3 is 11.8 Å². The molecule has 5 nitrogen and oxygen atoms in total. The molecule has 1 saturated heterocycles. The maximum absolute atomic E-state index is 12.2. The van der Waals surface area contributed by atoms with Crippen LogP contribution >= 0.6 is 22.9 Å². The molecular formula is C19H22ClN3O2S. The van der Waals surface area contributed by atoms with Gasteiger partial charge in [0.15, 0.2) is 0 Å². The van der Waals surface area contributed by atoms with Crippen LogP contribution in [0.5, 0.6) is 0 Å². The minimum Gasteiger partial charge on any atom is -0.346 e. The average Bonchev–Trinajstić information content (AvgIpc) is 3.35. The number of carbonyl (C=O) groups is 2. The maximum Gasteiger partial charge on any atom is 0.309 e. The quantitative estimate of drug-likeness (QED) is 0.744. The Kier molecular flexibility index (Phi) is 6.66. The van der Waals surface area contributed by atoms with Crippen molar-refractivity contribution in [2.75, 3.05) is 19.6 Å². The van der Waals surface area contributed by atoms with Crippen LogP contribution in [-0.2, 0) is 16.1 Å². The van der Waals surface area contributed by atoms with Gasteiger partial charge in [-0.2, -0.15) is 11.3 Å². The molecule has 0 saturated carbocycles. The lowest BCUT2D eigenvalue weighted by Crippen LogP contribution is -2.43. The predicted molar refractivity (Wildman–Crippen MR) is 104 cm³/mol. The molecule has 0 aliphatic carbocycles. The molecule has 1 aromatic heterocycles. The molecule has 0 spiro atoms. The Morgan fingerprint density at radius 1 is 1.12 bits per heavy atom. The molecule has 7 heteroatoms. The van der Waals surface area contributed by atoms with E-state index in [4.69, 9.17) is 11.6 Å². The first kappa shape index (κ1) is 18.9. The number of nitrogens with one attached hydrogen (secondary N) is 2. The van der Waals surface area contributed by atoms with Crippen LogP contribution in [0.25, 0.3) is 0 Å². The summed E-state index contributed by atoms with van der Waals surface area (Å²) in [6, 6.07) is 9.43. The normalized spacial score (nSPS) is 15.6. The van der Waals surface area contributed by atoms with Crippen molar-refractivity contribution >= 4 is 34.8 Å². The third kappa shape index (κ3) is 4.84. The second-order valence-corrected chi connectivity index (χ2v) is 7.49. The van der Waals surface area contributed by atoms with Crippen LogP contribution in [0.15, 0.2) is 41.1 Å². The lowest BCUT2D eigenvalue weighted by Gasteiger charge is -2.27. The number of benzene rings is 1. The summed E-state index contributed by atoms with van der Waals surface area (Å²) in [7, 11) is 0. The standard InChI is InChI=1S/C19H22ClN3O2S/c20-16-6-2-1-5-14(16)11-21-18(24)19(25)22-12-17(15-7-10-26-13-15)23-8-3-4-9-23/h1-2,5-7,10,13,17H,3-4,8-9,11-12H2,(H,21,24)(H,22,25)/t17-/m1/s1. The third-order valence-electron chi connectivity index (χ3n) is 4.57. The molecule has 138 valence electrons. The van der Waals surface area contributed by atoms with E-state index in [9.17, 15) is 9.59 Å². The average molecular weight is 392 g/mol. The van der Waals surface area contributed by atoms with Crippen molar-refractivity contribution in [2.45, 2.75) is 25.4 Å². The molecular weight excluding hydrogens is 370 g/mol. The molecule has 0 unspecified atom stereocenters. The van der Waals surface area contributed by atoms with Crippen molar-refractivity contribution in [3.05, 3.63) is 57.2 Å². The first-order valence-electron chi connectivity index (χ1n) is 8.70. The highest BCUT2D eigenvalue weighted by atomic mass is 35.5. The summed E-state index contributed by atoms with van der Waals surface area (Å²) in [6.45, 7) is 2.70. The fourth-order valence-electron chi connectivity index (χ4n) is 3.14. The van der Waals surface area contributed by atoms with Crippen LogP contribution < -0.4 is 10.6 Å². The molecule has 2 aromatic rings. The fraction of sp³-hybridized carbons (Fsp3) is 0.368. The first-order chi connectivity index (χ1) is 12.6. The fourth-order valence-corrected chi connectivity index (χ4v) is 4.05. The van der Waals surface area contributed by atoms with Crippen molar-refractivity contribution in [2.24, 2.45) is 0 Å². The summed E-state index contributed by atoms with van der Waals surface area (Å²) in [4.78, 5) is 26.6. The highest BCUT2D eigenvalue weighted by molar-refractivity contribution is 7.08. The van der Waals surface area contributed by atoms with Crippen LogP contribution in [0, 0.1) is 0 Å². The molecule has 0 bridgehead atoms. The molecule has 26 heavy (non-hydrogen) atoms. The van der Waals surface area contributed by atoms with Crippen molar-refractivity contribution in [3.8, 4) is 0 Å². The smallest absolute Gasteiger partial charge is 0.309 e. The highest BCUT2D eigenvalue weighted by Gasteiger charge is 2.25. The molecule has 2 N–H and O–H groups in total. The molecule has 3 rings (SSSR count). The molecule has 1 aromatic carbocycles. The summed E-state index contributed by atoms with van der Waals surface area (Å²) >= 11 is 7.71. The zero-order valence-electron chi connectivity index (χ0n) is 14.4. The van der Waals surface area contributed by atoms with Crippen molar-refractivity contribution in [1.82, 2.24) is 15.5 Å². The van der Waals surface area contributed by atoms with Gasteiger partial charge in [0.25, 0.3) is 0 Å². The number of hydrogen-bond donors (Lipinski definition) is 2. The van der Waals surface area contributed by atoms with E-state index in [2.05, 4.69) is 27.0 Å². The van der Waals surface area contributed by atoms with Gasteiger partial charge in [0, 0.05) is 18.1 Å². The van der Waals surface area contributed by atoms with Gasteiger partial charge < -0.3 is 10.6 Å². The largest absolute Gasteiger partial charge is 0.346 e. The zero-order valence-corrected chi connectivity index (χ0v) is 16.0. The van der Waals surface area contributed by atoms with Crippen LogP contribution in [0.4, 0.5) is 0 Å². The third-order valence-corrected chi connectivity index (χ3v) is 5.64. The van der Waals surface area contributed by atoms with Gasteiger partial charge in [0.05, 0.1) is 6.04 Å². The van der Waals surface area contributed by atoms with E-state index in [0.29, 0.717) is 11.6 Å². The van der Waals surface area contributed by atoms with Crippen LogP contribution in [0.3, 0.4) is 0 Å². The second-order valence-electron chi connectivity index (χ2n) is 6.30. The number of carbonyl (C=O) groups excluding carboxylic acids is 2. The molecule has 1 fully saturated rings. The maximum atomic E-state index is 12.2. The Morgan fingerprint density at radius 3 is 2.54 bits per heavy atom. The van der Waals surface area contributed by atoms with Gasteiger partial charge in [0.2, 0.25) is 0 Å². The summed E-state index contributed by atoms with van der Waals surface area (Å²) < 4.78 is 0. The van der Waals surface area contributed by atoms with E-state index in [1.165, 1.54) is 18.4 Å². The zero-order chi connectivity index (χ0) is 18.4. The van der Waals surface area contributed by atoms with Gasteiger partial charge in [-0.3, -0.25) is 14.5 Å². The van der Waals surface area contributed by atoms with E-state index >= 15 is 0 Å². The number of nitrogens with zero attached hydrogens (tertiary/aromatic N) is 1. The predicted octanol–water partition coefficient (Wildman–Crippen LogP) is 2.97. The van der Waals surface area contributed by atoms with E-state index < -0.39 is 11.8 Å². The van der Waals surface area contributed by atoms with Crippen LogP contribution in [0.2, 0.25) is 5.02 Å². The second kappa shape index (κ2) is 9.16. The van der Waals surface area contributed by atoms with Gasteiger partial charge in [0.1, 0.15) is 0 Å². The Morgan fingerprint density at radius 2 is 1.85 bits per heavy atom. The minimum atomic E-state index is -0.643. The summed E-state index contributed by atoms with van der Waals surface area (Å²) in [5.41, 5.74) is 1.97. The lowest BCUT2D eigenvalue weighted by atomic mass is 10.1. The van der Waals surface area contributed by atoms with E-state index in [1.54, 1.807) is 17.4 Å². The van der Waals surface area contributed by atoms with Crippen LogP contribution in [-0.4, -0.2) is 36.3 Å². The topological polar surface area (TPSA) is 61.4 Å². The summed E-state index contributed by atoms with van der Waals surface area (Å²) in [5.74, 6) is -1.26. The van der Waals surface area contributed by atoms with E-state index in [-0.39, 0.29) is 12.6 Å². The number of thiophene rings is 1. The van der Waals surface area contributed by atoms with Crippen molar-refractivity contribution in [3.63, 3.8) is 0 Å². The number of rotatable bonds is 6. The first-order valence-corrected chi connectivity index (χ1v) is 10.0. The van der Waals surface area contributed by atoms with E-state index in [1.807, 2.05) is 23.6 Å². The Balaban J connectivity index is 1.53. The molecule has 0 radical (unpaired) electrons. The Hall–Kier alpha value is -1.89. The molecule has 1 aliphatic rings. The summed E-state index contributed by atoms with van der Waals surface area (Å²) in [5, 5.41) is 10.1. The number of amides is 2. The monoisotopic (exact) mass is 391 g/mol. The molecule has 2 amide bonds. The Bertz CT molecular complexity index is 745. The Labute approximate surface area is 162 Å². The van der Waals surface area contributed by atoms with Gasteiger partial charge in [-0.1, -0.05) is 29.8 Å². The minimum absolute atomic E-state index is 0.115. The molecule has 1 atom stereocenters. The van der Waals surface area contributed by atoms with Crippen molar-refractivity contribution in [1.29, 1.82) is 0 Å². The number of likely N-dealkylation sites (tertiary alicyclic amines) is 1. The molecule has 1 aliphatic heterocycles. The number of halogens is 1. The lowest BCUT2D eigenvalue weighted by molar-refractivity contribution is -0.139. The van der Waals surface area contributed by atoms with E-state index in [0.717, 1.165) is 18.7 Å². The molecule has 2 heterocycles. The number of hydrogen-bond acceptors (Lipinski definition) is 4. The van der Waals surface area contributed by atoms with Crippen LogP contribution in [0.1, 0.15) is 30.0 Å². The van der Waals surface area contributed by atoms with Gasteiger partial charge in [-0.05, 0) is 60.0 Å². The summed E-state index contributed by atoms with van der Waals surface area (Å²) in [6.07, 6.45) is 2.35. The SMILES string of the molecule is O=C(NCc1ccccc1Cl)C(=O)NC[C@H](c1ccsc1)N1CCCC1. The van der Waals surface area contributed by atoms with Crippen molar-refractivity contribution < 1.29 is 9.59 Å². The highest BCUT2D eigenvalue weighted by Crippen LogP contribution is 2.26. The van der Waals surface area contributed by atoms with Gasteiger partial charge in [-0.15, -0.1) is 0 Å².